The Balaban J connectivity index is 2.58. The lowest BCUT2D eigenvalue weighted by Crippen LogP contribution is -2.06. The van der Waals surface area contributed by atoms with Crippen molar-refractivity contribution < 1.29 is 4.39 Å². The predicted octanol–water partition coefficient (Wildman–Crippen LogP) is 1.27. The molecular weight excluding hydrogens is 181 g/mol. The highest BCUT2D eigenvalue weighted by Crippen LogP contribution is 2.14. The van der Waals surface area contributed by atoms with Gasteiger partial charge >= 0.3 is 0 Å². The molecule has 0 bridgehead atoms. The van der Waals surface area contributed by atoms with Crippen LogP contribution in [0.2, 0.25) is 0 Å². The topological polar surface area (TPSA) is 51.8 Å². The second-order valence-electron chi connectivity index (χ2n) is 3.00. The van der Waals surface area contributed by atoms with Crippen molar-refractivity contribution in [3.05, 3.63) is 36.0 Å². The van der Waals surface area contributed by atoms with Gasteiger partial charge in [0.1, 0.15) is 17.2 Å². The summed E-state index contributed by atoms with van der Waals surface area (Å²) in [4.78, 5) is 8.18. The van der Waals surface area contributed by atoms with Crippen molar-refractivity contribution in [1.82, 2.24) is 9.97 Å². The lowest BCUT2D eigenvalue weighted by Gasteiger charge is -2.00. The molecule has 3 nitrogen and oxygen atoms in total. The molecule has 0 spiro atoms. The zero-order chi connectivity index (χ0) is 9.97. The van der Waals surface area contributed by atoms with Crippen LogP contribution in [0.15, 0.2) is 24.4 Å². The highest BCUT2D eigenvalue weighted by molar-refractivity contribution is 5.77. The SMILES string of the molecule is NCCc1ncc2cccc(F)c2n1. The monoisotopic (exact) mass is 191 g/mol. The van der Waals surface area contributed by atoms with Gasteiger partial charge in [-0.1, -0.05) is 12.1 Å². The Bertz CT molecular complexity index is 456. The minimum Gasteiger partial charge on any atom is -0.330 e. The molecule has 4 heteroatoms. The number of nitrogens with two attached hydrogens (primary N) is 1. The van der Waals surface area contributed by atoms with Gasteiger partial charge in [-0.05, 0) is 12.6 Å². The fourth-order valence-corrected chi connectivity index (χ4v) is 1.31. The minimum atomic E-state index is -0.317. The van der Waals surface area contributed by atoms with E-state index in [1.807, 2.05) is 0 Å². The largest absolute Gasteiger partial charge is 0.330 e. The molecule has 0 unspecified atom stereocenters. The van der Waals surface area contributed by atoms with E-state index in [9.17, 15) is 4.39 Å². The van der Waals surface area contributed by atoms with Crippen LogP contribution in [0.3, 0.4) is 0 Å². The van der Waals surface area contributed by atoms with Crippen molar-refractivity contribution in [2.24, 2.45) is 5.73 Å². The van der Waals surface area contributed by atoms with Gasteiger partial charge in [0, 0.05) is 18.0 Å². The van der Waals surface area contributed by atoms with Crippen molar-refractivity contribution in [2.75, 3.05) is 6.54 Å². The quantitative estimate of drug-likeness (QED) is 0.777. The van der Waals surface area contributed by atoms with Gasteiger partial charge in [0.15, 0.2) is 0 Å². The number of nitrogens with zero attached hydrogens (tertiary/aromatic N) is 2. The molecule has 0 aliphatic carbocycles. The molecule has 1 heterocycles. The second kappa shape index (κ2) is 3.67. The van der Waals surface area contributed by atoms with Crippen molar-refractivity contribution in [1.29, 1.82) is 0 Å². The van der Waals surface area contributed by atoms with E-state index in [1.165, 1.54) is 6.07 Å². The molecule has 0 fully saturated rings. The summed E-state index contributed by atoms with van der Waals surface area (Å²) in [5.41, 5.74) is 5.74. The molecule has 2 rings (SSSR count). The Morgan fingerprint density at radius 1 is 1.36 bits per heavy atom. The summed E-state index contributed by atoms with van der Waals surface area (Å²) in [6.45, 7) is 0.472. The summed E-state index contributed by atoms with van der Waals surface area (Å²) < 4.78 is 13.3. The molecule has 14 heavy (non-hydrogen) atoms. The van der Waals surface area contributed by atoms with Gasteiger partial charge in [-0.25, -0.2) is 14.4 Å². The summed E-state index contributed by atoms with van der Waals surface area (Å²) in [6, 6.07) is 4.82. The number of rotatable bonds is 2. The van der Waals surface area contributed by atoms with Crippen molar-refractivity contribution in [3.63, 3.8) is 0 Å². The van der Waals surface area contributed by atoms with Gasteiger partial charge in [0.05, 0.1) is 0 Å². The van der Waals surface area contributed by atoms with Gasteiger partial charge in [-0.3, -0.25) is 0 Å². The first-order valence-electron chi connectivity index (χ1n) is 4.41. The third-order valence-electron chi connectivity index (χ3n) is 1.98. The molecule has 2 aromatic rings. The highest BCUT2D eigenvalue weighted by Gasteiger charge is 2.03. The first-order valence-corrected chi connectivity index (χ1v) is 4.41. The lowest BCUT2D eigenvalue weighted by atomic mass is 10.2. The lowest BCUT2D eigenvalue weighted by molar-refractivity contribution is 0.635. The minimum absolute atomic E-state index is 0.317. The van der Waals surface area contributed by atoms with Crippen LogP contribution in [-0.4, -0.2) is 16.5 Å². The summed E-state index contributed by atoms with van der Waals surface area (Å²) >= 11 is 0. The second-order valence-corrected chi connectivity index (χ2v) is 3.00. The molecule has 0 aliphatic heterocycles. The summed E-state index contributed by atoms with van der Waals surface area (Å²) in [5, 5.41) is 0.714. The van der Waals surface area contributed by atoms with Crippen LogP contribution < -0.4 is 5.73 Å². The average Bonchev–Trinajstić information content (AvgIpc) is 2.20. The fourth-order valence-electron chi connectivity index (χ4n) is 1.31. The third kappa shape index (κ3) is 1.56. The van der Waals surface area contributed by atoms with Crippen LogP contribution in [0, 0.1) is 5.82 Å². The Labute approximate surface area is 80.8 Å². The van der Waals surface area contributed by atoms with Gasteiger partial charge in [-0.2, -0.15) is 0 Å². The first kappa shape index (κ1) is 9.02. The maximum atomic E-state index is 13.3. The molecule has 0 radical (unpaired) electrons. The molecule has 0 saturated heterocycles. The van der Waals surface area contributed by atoms with E-state index in [4.69, 9.17) is 5.73 Å². The number of benzene rings is 1. The van der Waals surface area contributed by atoms with Crippen molar-refractivity contribution in [2.45, 2.75) is 6.42 Å². The van der Waals surface area contributed by atoms with Crippen LogP contribution in [0.4, 0.5) is 4.39 Å². The number of hydrogen-bond donors (Lipinski definition) is 1. The standard InChI is InChI=1S/C10H10FN3/c11-8-3-1-2-7-6-13-9(4-5-12)14-10(7)8/h1-3,6H,4-5,12H2. The summed E-state index contributed by atoms with van der Waals surface area (Å²) in [5.74, 6) is 0.272. The van der Waals surface area contributed by atoms with Crippen LogP contribution in [-0.2, 0) is 6.42 Å². The maximum absolute atomic E-state index is 13.3. The van der Waals surface area contributed by atoms with Crippen LogP contribution in [0.5, 0.6) is 0 Å². The van der Waals surface area contributed by atoms with Gasteiger partial charge < -0.3 is 5.73 Å². The molecule has 0 saturated carbocycles. The number of para-hydroxylation sites is 1. The Morgan fingerprint density at radius 3 is 3.00 bits per heavy atom. The Kier molecular flexibility index (Phi) is 2.37. The van der Waals surface area contributed by atoms with E-state index in [0.29, 0.717) is 29.7 Å². The van der Waals surface area contributed by atoms with Crippen LogP contribution in [0.25, 0.3) is 10.9 Å². The van der Waals surface area contributed by atoms with Crippen LogP contribution >= 0.6 is 0 Å². The van der Waals surface area contributed by atoms with E-state index < -0.39 is 0 Å². The first-order chi connectivity index (χ1) is 6.81. The number of halogens is 1. The van der Waals surface area contributed by atoms with Gasteiger partial charge in [0.25, 0.3) is 0 Å². The van der Waals surface area contributed by atoms with Crippen molar-refractivity contribution in [3.8, 4) is 0 Å². The molecule has 0 atom stereocenters. The molecule has 0 aliphatic rings. The normalized spacial score (nSPS) is 10.7. The highest BCUT2D eigenvalue weighted by atomic mass is 19.1. The molecule has 1 aromatic heterocycles. The molecule has 72 valence electrons. The smallest absolute Gasteiger partial charge is 0.149 e. The van der Waals surface area contributed by atoms with Gasteiger partial charge in [0.2, 0.25) is 0 Å². The van der Waals surface area contributed by atoms with Crippen molar-refractivity contribution >= 4 is 10.9 Å². The zero-order valence-corrected chi connectivity index (χ0v) is 7.57. The zero-order valence-electron chi connectivity index (χ0n) is 7.57. The number of fused-ring (bicyclic) bond motifs is 1. The van der Waals surface area contributed by atoms with Gasteiger partial charge in [-0.15, -0.1) is 0 Å². The van der Waals surface area contributed by atoms with Crippen LogP contribution in [0.1, 0.15) is 5.82 Å². The third-order valence-corrected chi connectivity index (χ3v) is 1.98. The fraction of sp³-hybridized carbons (Fsp3) is 0.200. The Hall–Kier alpha value is -1.55. The molecular formula is C10H10FN3. The van der Waals surface area contributed by atoms with E-state index >= 15 is 0 Å². The van der Waals surface area contributed by atoms with E-state index in [1.54, 1.807) is 18.3 Å². The van der Waals surface area contributed by atoms with E-state index in [2.05, 4.69) is 9.97 Å². The van der Waals surface area contributed by atoms with E-state index in [-0.39, 0.29) is 5.82 Å². The predicted molar refractivity (Wildman–Crippen MR) is 52.3 cm³/mol. The molecule has 1 aromatic carbocycles. The van der Waals surface area contributed by atoms with E-state index in [0.717, 1.165) is 0 Å². The number of aromatic nitrogens is 2. The Morgan fingerprint density at radius 2 is 2.21 bits per heavy atom. The molecule has 0 amide bonds. The summed E-state index contributed by atoms with van der Waals surface area (Å²) in [6.07, 6.45) is 2.20. The number of hydrogen-bond acceptors (Lipinski definition) is 3. The average molecular weight is 191 g/mol. The molecule has 2 N–H and O–H groups in total. The maximum Gasteiger partial charge on any atom is 0.149 e. The summed E-state index contributed by atoms with van der Waals surface area (Å²) in [7, 11) is 0.